The lowest BCUT2D eigenvalue weighted by Gasteiger charge is -2.11. The van der Waals surface area contributed by atoms with Crippen molar-refractivity contribution in [1.82, 2.24) is 0 Å². The first-order valence-corrected chi connectivity index (χ1v) is 6.76. The number of hydrogen-bond acceptors (Lipinski definition) is 4. The molecule has 1 amide bonds. The van der Waals surface area contributed by atoms with Crippen LogP contribution in [0, 0.1) is 6.92 Å². The number of nitrogens with one attached hydrogen (secondary N) is 1. The predicted octanol–water partition coefficient (Wildman–Crippen LogP) is 2.75. The molecule has 7 heteroatoms. The van der Waals surface area contributed by atoms with Gasteiger partial charge in [-0.3, -0.25) is 4.79 Å². The van der Waals surface area contributed by atoms with Crippen molar-refractivity contribution >= 4 is 45.6 Å². The third-order valence-electron chi connectivity index (χ3n) is 2.53. The van der Waals surface area contributed by atoms with Gasteiger partial charge in [-0.15, -0.1) is 12.4 Å². The number of methoxy groups -OCH3 is 1. The van der Waals surface area contributed by atoms with Gasteiger partial charge in [0.15, 0.2) is 0 Å². The number of nitrogens with two attached hydrogens (primary N) is 1. The average molecular weight is 368 g/mol. The monoisotopic (exact) mass is 366 g/mol. The number of anilines is 2. The molecule has 0 aliphatic rings. The number of carbonyl (C=O) groups excluding carboxylic acids is 1. The van der Waals surface area contributed by atoms with Gasteiger partial charge in [-0.2, -0.15) is 0 Å². The van der Waals surface area contributed by atoms with Crippen molar-refractivity contribution in [2.75, 3.05) is 38.0 Å². The van der Waals surface area contributed by atoms with Crippen molar-refractivity contribution in [3.63, 3.8) is 0 Å². The Labute approximate surface area is 133 Å². The summed E-state index contributed by atoms with van der Waals surface area (Å²) in [4.78, 5) is 11.7. The summed E-state index contributed by atoms with van der Waals surface area (Å²) in [5.74, 6) is -0.124. The predicted molar refractivity (Wildman–Crippen MR) is 86.5 cm³/mol. The summed E-state index contributed by atoms with van der Waals surface area (Å²) in [5.41, 5.74) is 8.03. The summed E-state index contributed by atoms with van der Waals surface area (Å²) in [6.45, 7) is 3.27. The molecule has 1 rings (SSSR count). The molecule has 20 heavy (non-hydrogen) atoms. The fourth-order valence-electron chi connectivity index (χ4n) is 1.48. The first-order valence-electron chi connectivity index (χ1n) is 5.96. The molecule has 1 aromatic carbocycles. The first-order chi connectivity index (χ1) is 9.04. The number of carbonyl (C=O) groups is 1. The van der Waals surface area contributed by atoms with Crippen LogP contribution < -0.4 is 11.1 Å². The van der Waals surface area contributed by atoms with Crippen LogP contribution in [0.15, 0.2) is 16.6 Å². The van der Waals surface area contributed by atoms with Gasteiger partial charge >= 0.3 is 0 Å². The highest BCUT2D eigenvalue weighted by Crippen LogP contribution is 2.27. The van der Waals surface area contributed by atoms with E-state index >= 15 is 0 Å². The summed E-state index contributed by atoms with van der Waals surface area (Å²) in [5, 5.41) is 2.78. The molecule has 0 radical (unpaired) electrons. The number of aryl methyl sites for hydroxylation is 1. The van der Waals surface area contributed by atoms with Crippen molar-refractivity contribution < 1.29 is 14.3 Å². The van der Waals surface area contributed by atoms with Gasteiger partial charge in [-0.1, -0.05) is 15.9 Å². The van der Waals surface area contributed by atoms with Crippen molar-refractivity contribution in [3.8, 4) is 0 Å². The Bertz CT molecular complexity index is 444. The van der Waals surface area contributed by atoms with E-state index in [1.54, 1.807) is 13.2 Å². The average Bonchev–Trinajstić information content (AvgIpc) is 2.35. The first kappa shape index (κ1) is 19.2. The Morgan fingerprint density at radius 2 is 2.05 bits per heavy atom. The SMILES string of the molecule is COCCOCCC(=O)Nc1cc(Br)cc(C)c1N.Cl. The van der Waals surface area contributed by atoms with E-state index in [9.17, 15) is 4.79 Å². The van der Waals surface area contributed by atoms with Crippen LogP contribution in [0.5, 0.6) is 0 Å². The van der Waals surface area contributed by atoms with Crippen LogP contribution in [-0.2, 0) is 14.3 Å². The van der Waals surface area contributed by atoms with E-state index in [1.165, 1.54) is 0 Å². The van der Waals surface area contributed by atoms with E-state index in [-0.39, 0.29) is 24.7 Å². The van der Waals surface area contributed by atoms with Crippen LogP contribution in [0.1, 0.15) is 12.0 Å². The van der Waals surface area contributed by atoms with Crippen LogP contribution in [-0.4, -0.2) is 32.8 Å². The van der Waals surface area contributed by atoms with E-state index in [0.717, 1.165) is 10.0 Å². The molecule has 0 fully saturated rings. The van der Waals surface area contributed by atoms with E-state index in [1.807, 2.05) is 13.0 Å². The summed E-state index contributed by atoms with van der Waals surface area (Å²) in [6.07, 6.45) is 0.286. The fraction of sp³-hybridized carbons (Fsp3) is 0.462. The Hall–Kier alpha value is -0.820. The van der Waals surface area contributed by atoms with Crippen molar-refractivity contribution in [2.45, 2.75) is 13.3 Å². The minimum atomic E-state index is -0.124. The molecular weight excluding hydrogens is 348 g/mol. The molecule has 0 heterocycles. The summed E-state index contributed by atoms with van der Waals surface area (Å²) in [7, 11) is 1.61. The van der Waals surface area contributed by atoms with E-state index in [2.05, 4.69) is 21.2 Å². The van der Waals surface area contributed by atoms with Gasteiger partial charge < -0.3 is 20.5 Å². The van der Waals surface area contributed by atoms with Crippen LogP contribution in [0.3, 0.4) is 0 Å². The smallest absolute Gasteiger partial charge is 0.226 e. The Morgan fingerprint density at radius 3 is 2.70 bits per heavy atom. The quantitative estimate of drug-likeness (QED) is 0.574. The second-order valence-electron chi connectivity index (χ2n) is 4.09. The number of halogens is 2. The van der Waals surface area contributed by atoms with Gasteiger partial charge in [0.05, 0.1) is 37.6 Å². The zero-order valence-corrected chi connectivity index (χ0v) is 14.0. The maximum absolute atomic E-state index is 11.7. The number of amides is 1. The zero-order chi connectivity index (χ0) is 14.3. The third-order valence-corrected chi connectivity index (χ3v) is 2.99. The van der Waals surface area contributed by atoms with Gasteiger partial charge in [-0.25, -0.2) is 0 Å². The lowest BCUT2D eigenvalue weighted by Crippen LogP contribution is -2.16. The molecule has 1 aromatic rings. The molecule has 0 unspecified atom stereocenters. The number of hydrogen-bond donors (Lipinski definition) is 2. The van der Waals surface area contributed by atoms with E-state index < -0.39 is 0 Å². The molecular formula is C13H20BrClN2O3. The summed E-state index contributed by atoms with van der Waals surface area (Å²) in [6, 6.07) is 3.69. The van der Waals surface area contributed by atoms with Crippen molar-refractivity contribution in [2.24, 2.45) is 0 Å². The molecule has 114 valence electrons. The lowest BCUT2D eigenvalue weighted by molar-refractivity contribution is -0.117. The molecule has 0 aliphatic heterocycles. The fourth-order valence-corrected chi connectivity index (χ4v) is 2.05. The summed E-state index contributed by atoms with van der Waals surface area (Å²) >= 11 is 3.37. The van der Waals surface area contributed by atoms with E-state index in [4.69, 9.17) is 15.2 Å². The molecule has 5 nitrogen and oxygen atoms in total. The Kier molecular flexibility index (Phi) is 9.58. The van der Waals surface area contributed by atoms with Crippen LogP contribution in [0.25, 0.3) is 0 Å². The second kappa shape index (κ2) is 9.99. The summed E-state index contributed by atoms with van der Waals surface area (Å²) < 4.78 is 11.0. The molecule has 0 saturated heterocycles. The lowest BCUT2D eigenvalue weighted by atomic mass is 10.1. The number of ether oxygens (including phenoxy) is 2. The van der Waals surface area contributed by atoms with Crippen molar-refractivity contribution in [3.05, 3.63) is 22.2 Å². The van der Waals surface area contributed by atoms with Crippen molar-refractivity contribution in [1.29, 1.82) is 0 Å². The minimum absolute atomic E-state index is 0. The standard InChI is InChI=1S/C13H19BrN2O3.ClH/c1-9-7-10(14)8-11(13(9)15)16-12(17)3-4-19-6-5-18-2;/h7-8H,3-6,15H2,1-2H3,(H,16,17);1H. The highest BCUT2D eigenvalue weighted by atomic mass is 79.9. The molecule has 0 atom stereocenters. The van der Waals surface area contributed by atoms with Gasteiger partial charge in [0.25, 0.3) is 0 Å². The minimum Gasteiger partial charge on any atom is -0.397 e. The van der Waals surface area contributed by atoms with Gasteiger partial charge in [0.2, 0.25) is 5.91 Å². The van der Waals surface area contributed by atoms with Gasteiger partial charge in [0, 0.05) is 11.6 Å². The van der Waals surface area contributed by atoms with E-state index in [0.29, 0.717) is 31.2 Å². The molecule has 3 N–H and O–H groups in total. The topological polar surface area (TPSA) is 73.6 Å². The van der Waals surface area contributed by atoms with Crippen LogP contribution in [0.4, 0.5) is 11.4 Å². The largest absolute Gasteiger partial charge is 0.397 e. The molecule has 0 aliphatic carbocycles. The Morgan fingerprint density at radius 1 is 1.35 bits per heavy atom. The molecule has 0 aromatic heterocycles. The van der Waals surface area contributed by atoms with Gasteiger partial charge in [0.1, 0.15) is 0 Å². The second-order valence-corrected chi connectivity index (χ2v) is 5.00. The number of nitrogen functional groups attached to an aromatic ring is 1. The highest BCUT2D eigenvalue weighted by Gasteiger charge is 2.08. The zero-order valence-electron chi connectivity index (χ0n) is 11.6. The third kappa shape index (κ3) is 6.56. The molecule has 0 spiro atoms. The molecule has 0 saturated carbocycles. The van der Waals surface area contributed by atoms with Gasteiger partial charge in [-0.05, 0) is 24.6 Å². The normalized spacial score (nSPS) is 9.95. The number of rotatable bonds is 7. The van der Waals surface area contributed by atoms with Crippen LogP contribution in [0.2, 0.25) is 0 Å². The number of benzene rings is 1. The highest BCUT2D eigenvalue weighted by molar-refractivity contribution is 9.10. The molecule has 0 bridgehead atoms. The maximum atomic E-state index is 11.7. The van der Waals surface area contributed by atoms with Crippen LogP contribution >= 0.6 is 28.3 Å². The maximum Gasteiger partial charge on any atom is 0.226 e. The Balaban J connectivity index is 0.00000361.